The van der Waals surface area contributed by atoms with Gasteiger partial charge in [-0.05, 0) is 42.0 Å². The summed E-state index contributed by atoms with van der Waals surface area (Å²) < 4.78 is 16.0. The molecule has 4 rings (SSSR count). The average Bonchev–Trinajstić information content (AvgIpc) is 2.89. The van der Waals surface area contributed by atoms with Crippen LogP contribution < -0.4 is 10.1 Å². The number of phenols is 1. The zero-order valence-corrected chi connectivity index (χ0v) is 19.7. The minimum absolute atomic E-state index is 0.0426. The summed E-state index contributed by atoms with van der Waals surface area (Å²) in [5.74, 6) is -0.826. The number of hydrogen-bond acceptors (Lipinski definition) is 10. The molecule has 0 spiro atoms. The van der Waals surface area contributed by atoms with E-state index in [4.69, 9.17) is 14.2 Å². The van der Waals surface area contributed by atoms with Crippen molar-refractivity contribution in [3.8, 4) is 11.5 Å². The Morgan fingerprint density at radius 2 is 1.89 bits per heavy atom. The van der Waals surface area contributed by atoms with Gasteiger partial charge in [0.05, 0.1) is 17.8 Å². The molecule has 0 aliphatic carbocycles. The van der Waals surface area contributed by atoms with E-state index in [2.05, 4.69) is 5.32 Å². The van der Waals surface area contributed by atoms with E-state index in [0.717, 1.165) is 0 Å². The summed E-state index contributed by atoms with van der Waals surface area (Å²) in [6.07, 6.45) is 0. The summed E-state index contributed by atoms with van der Waals surface area (Å²) >= 11 is 1.32. The molecule has 0 bridgehead atoms. The van der Waals surface area contributed by atoms with E-state index in [9.17, 15) is 29.6 Å². The number of methoxy groups -OCH3 is 1. The summed E-state index contributed by atoms with van der Waals surface area (Å²) in [4.78, 5) is 49.5. The molecule has 0 aromatic heterocycles. The Balaban J connectivity index is 1.36. The van der Waals surface area contributed by atoms with Crippen LogP contribution in [0.2, 0.25) is 0 Å². The number of carbonyl (C=O) groups is 3. The second kappa shape index (κ2) is 10.6. The molecule has 1 saturated heterocycles. The van der Waals surface area contributed by atoms with E-state index in [-0.39, 0.29) is 41.9 Å². The van der Waals surface area contributed by atoms with Gasteiger partial charge in [0.15, 0.2) is 12.3 Å². The number of aromatic hydroxyl groups is 1. The van der Waals surface area contributed by atoms with Gasteiger partial charge in [-0.25, -0.2) is 4.79 Å². The topological polar surface area (TPSA) is 158 Å². The number of ether oxygens (including phenoxy) is 3. The van der Waals surface area contributed by atoms with Crippen LogP contribution >= 0.6 is 11.8 Å². The molecule has 13 heteroatoms. The fraction of sp³-hybridized carbons (Fsp3) is 0.261. The Bertz CT molecular complexity index is 1210. The molecule has 0 saturated carbocycles. The molecule has 2 aliphatic heterocycles. The maximum absolute atomic E-state index is 12.9. The van der Waals surface area contributed by atoms with Crippen molar-refractivity contribution in [3.63, 3.8) is 0 Å². The number of benzene rings is 2. The fourth-order valence-corrected chi connectivity index (χ4v) is 4.89. The minimum Gasteiger partial charge on any atom is -0.508 e. The zero-order chi connectivity index (χ0) is 25.8. The molecule has 12 nitrogen and oxygen atoms in total. The van der Waals surface area contributed by atoms with Gasteiger partial charge in [0, 0.05) is 12.1 Å². The zero-order valence-electron chi connectivity index (χ0n) is 18.9. The van der Waals surface area contributed by atoms with E-state index < -0.39 is 34.1 Å². The molecule has 2 atom stereocenters. The number of non-ortho nitro benzene ring substituents is 1. The van der Waals surface area contributed by atoms with Crippen LogP contribution in [0.4, 0.5) is 5.69 Å². The predicted molar refractivity (Wildman–Crippen MR) is 126 cm³/mol. The molecule has 2 amide bonds. The van der Waals surface area contributed by atoms with Crippen LogP contribution in [0.5, 0.6) is 11.5 Å². The van der Waals surface area contributed by atoms with Gasteiger partial charge in [0.1, 0.15) is 35.3 Å². The van der Waals surface area contributed by atoms with E-state index in [1.54, 1.807) is 0 Å². The van der Waals surface area contributed by atoms with Gasteiger partial charge in [-0.3, -0.25) is 24.6 Å². The van der Waals surface area contributed by atoms with Gasteiger partial charge in [-0.1, -0.05) is 0 Å². The Morgan fingerprint density at radius 3 is 2.53 bits per heavy atom. The number of nitrogens with zero attached hydrogens (tertiary/aromatic N) is 2. The van der Waals surface area contributed by atoms with E-state index in [0.29, 0.717) is 11.3 Å². The second-order valence-electron chi connectivity index (χ2n) is 7.71. The molecule has 36 heavy (non-hydrogen) atoms. The van der Waals surface area contributed by atoms with Gasteiger partial charge in [0.2, 0.25) is 0 Å². The normalized spacial score (nSPS) is 18.6. The van der Waals surface area contributed by atoms with Crippen LogP contribution in [0.3, 0.4) is 0 Å². The van der Waals surface area contributed by atoms with Crippen LogP contribution in [0.15, 0.2) is 60.0 Å². The molecule has 2 N–H and O–H groups in total. The molecule has 1 fully saturated rings. The highest BCUT2D eigenvalue weighted by atomic mass is 32.2. The maximum Gasteiger partial charge on any atom is 0.358 e. The number of hydrogen-bond donors (Lipinski definition) is 2. The number of β-lactam (4-membered cyclic amide) rings is 1. The lowest BCUT2D eigenvalue weighted by molar-refractivity contribution is -0.384. The van der Waals surface area contributed by atoms with E-state index in [1.807, 2.05) is 0 Å². The SMILES string of the molecule is COC1=C(C(=O)OCc2ccc([N+](=O)[O-])cc2)N2C(=O)C(NC(=O)COc3ccc(O)cc3)[C@@H]2SC1. The van der Waals surface area contributed by atoms with Gasteiger partial charge >= 0.3 is 5.97 Å². The van der Waals surface area contributed by atoms with Crippen LogP contribution in [0.1, 0.15) is 5.56 Å². The third kappa shape index (κ3) is 5.20. The summed E-state index contributed by atoms with van der Waals surface area (Å²) in [6, 6.07) is 10.5. The highest BCUT2D eigenvalue weighted by Crippen LogP contribution is 2.40. The Labute approximate surface area is 209 Å². The lowest BCUT2D eigenvalue weighted by Crippen LogP contribution is -2.71. The predicted octanol–water partition coefficient (Wildman–Crippen LogP) is 1.68. The number of rotatable bonds is 9. The van der Waals surface area contributed by atoms with Crippen molar-refractivity contribution in [1.82, 2.24) is 10.2 Å². The van der Waals surface area contributed by atoms with Crippen LogP contribution in [-0.4, -0.2) is 63.6 Å². The van der Waals surface area contributed by atoms with Crippen molar-refractivity contribution in [3.05, 3.63) is 75.7 Å². The highest BCUT2D eigenvalue weighted by Gasteiger charge is 2.55. The lowest BCUT2D eigenvalue weighted by atomic mass is 10.0. The first-order valence-electron chi connectivity index (χ1n) is 10.6. The van der Waals surface area contributed by atoms with Crippen molar-refractivity contribution >= 4 is 35.2 Å². The molecular weight excluding hydrogens is 494 g/mol. The van der Waals surface area contributed by atoms with Crippen molar-refractivity contribution in [2.45, 2.75) is 18.0 Å². The first-order chi connectivity index (χ1) is 17.3. The number of nitrogens with one attached hydrogen (secondary N) is 1. The van der Waals surface area contributed by atoms with Crippen molar-refractivity contribution < 1.29 is 38.6 Å². The molecule has 2 heterocycles. The Morgan fingerprint density at radius 1 is 1.19 bits per heavy atom. The second-order valence-corrected chi connectivity index (χ2v) is 8.82. The monoisotopic (exact) mass is 515 g/mol. The molecule has 188 valence electrons. The number of phenolic OH excluding ortho intramolecular Hbond substituents is 1. The number of fused-ring (bicyclic) bond motifs is 1. The van der Waals surface area contributed by atoms with Gasteiger partial charge < -0.3 is 24.6 Å². The quantitative estimate of drug-likeness (QED) is 0.218. The number of esters is 1. The number of carbonyl (C=O) groups excluding carboxylic acids is 3. The number of nitro groups is 1. The largest absolute Gasteiger partial charge is 0.508 e. The van der Waals surface area contributed by atoms with Gasteiger partial charge in [-0.2, -0.15) is 0 Å². The maximum atomic E-state index is 12.9. The van der Waals surface area contributed by atoms with Gasteiger partial charge in [0.25, 0.3) is 17.5 Å². The summed E-state index contributed by atoms with van der Waals surface area (Å²) in [5, 5.41) is 22.2. The molecule has 1 unspecified atom stereocenters. The molecule has 2 aromatic rings. The third-order valence-electron chi connectivity index (χ3n) is 5.41. The first kappa shape index (κ1) is 24.9. The van der Waals surface area contributed by atoms with Crippen LogP contribution in [-0.2, 0) is 30.5 Å². The highest BCUT2D eigenvalue weighted by molar-refractivity contribution is 8.00. The summed E-state index contributed by atoms with van der Waals surface area (Å²) in [7, 11) is 1.38. The Hall–Kier alpha value is -4.26. The average molecular weight is 516 g/mol. The summed E-state index contributed by atoms with van der Waals surface area (Å²) in [6.45, 7) is -0.499. The first-order valence-corrected chi connectivity index (χ1v) is 11.7. The van der Waals surface area contributed by atoms with Crippen LogP contribution in [0.25, 0.3) is 0 Å². The number of thioether (sulfide) groups is 1. The van der Waals surface area contributed by atoms with Gasteiger partial charge in [-0.15, -0.1) is 11.8 Å². The fourth-order valence-electron chi connectivity index (χ4n) is 3.57. The van der Waals surface area contributed by atoms with Crippen molar-refractivity contribution in [2.75, 3.05) is 19.5 Å². The smallest absolute Gasteiger partial charge is 0.358 e. The Kier molecular flexibility index (Phi) is 7.29. The molecule has 2 aromatic carbocycles. The van der Waals surface area contributed by atoms with Crippen molar-refractivity contribution in [1.29, 1.82) is 0 Å². The standard InChI is InChI=1S/C23H21N3O9S/c1-33-17-12-36-22-19(24-18(28)11-34-16-8-6-15(27)7-9-16)21(29)25(22)20(17)23(30)35-10-13-2-4-14(5-3-13)26(31)32/h2-9,19,22,27H,10-12H2,1H3,(H,24,28)/t19?,22-/m0/s1. The molecule has 0 radical (unpaired) electrons. The lowest BCUT2D eigenvalue weighted by Gasteiger charge is -2.49. The minimum atomic E-state index is -0.859. The van der Waals surface area contributed by atoms with E-state index >= 15 is 0 Å². The van der Waals surface area contributed by atoms with Crippen LogP contribution in [0, 0.1) is 10.1 Å². The van der Waals surface area contributed by atoms with Crippen molar-refractivity contribution in [2.24, 2.45) is 0 Å². The summed E-state index contributed by atoms with van der Waals surface area (Å²) in [5.41, 5.74) is 0.400. The molecule has 2 aliphatic rings. The third-order valence-corrected chi connectivity index (χ3v) is 6.67. The number of amides is 2. The van der Waals surface area contributed by atoms with E-state index in [1.165, 1.54) is 72.3 Å². The number of nitro benzene ring substituents is 1. The molecular formula is C23H21N3O9S.